The summed E-state index contributed by atoms with van der Waals surface area (Å²) >= 11 is 0. The number of nitrogens with two attached hydrogens (primary N) is 1. The van der Waals surface area contributed by atoms with Crippen LogP contribution in [0.3, 0.4) is 0 Å². The first kappa shape index (κ1) is 23.8. The minimum Gasteiger partial charge on any atom is -0.328 e. The molecule has 0 aromatic rings. The van der Waals surface area contributed by atoms with Crippen molar-refractivity contribution in [2.24, 2.45) is 46.2 Å². The second kappa shape index (κ2) is 8.32. The number of hydrogen-bond acceptors (Lipinski definition) is 2. The zero-order valence-corrected chi connectivity index (χ0v) is 19.9. The van der Waals surface area contributed by atoms with E-state index >= 15 is 0 Å². The molecule has 4 aliphatic carbocycles. The Morgan fingerprint density at radius 1 is 0.852 bits per heavy atom. The molecule has 4 aliphatic rings. The lowest BCUT2D eigenvalue weighted by molar-refractivity contribution is -0.116. The highest BCUT2D eigenvalue weighted by Gasteiger charge is 2.60. The molecule has 4 fully saturated rings. The van der Waals surface area contributed by atoms with Crippen molar-refractivity contribution in [3.05, 3.63) is 0 Å². The van der Waals surface area contributed by atoms with Crippen molar-refractivity contribution >= 4 is 24.8 Å². The molecule has 9 atom stereocenters. The lowest BCUT2D eigenvalue weighted by Gasteiger charge is -2.61. The summed E-state index contributed by atoms with van der Waals surface area (Å²) < 4.78 is 0. The van der Waals surface area contributed by atoms with Gasteiger partial charge in [-0.1, -0.05) is 13.8 Å². The average Bonchev–Trinajstić information content (AvgIpc) is 2.92. The van der Waals surface area contributed by atoms with Crippen LogP contribution in [0, 0.1) is 40.4 Å². The van der Waals surface area contributed by atoms with Crippen molar-refractivity contribution in [3.63, 3.8) is 0 Å². The first-order chi connectivity index (χ1) is 11.8. The van der Waals surface area contributed by atoms with Gasteiger partial charge in [0.25, 0.3) is 0 Å². The Kier molecular flexibility index (Phi) is 7.33. The number of halogens is 2. The van der Waals surface area contributed by atoms with Crippen molar-refractivity contribution in [1.82, 2.24) is 4.90 Å². The van der Waals surface area contributed by atoms with Gasteiger partial charge in [-0.2, -0.15) is 0 Å². The van der Waals surface area contributed by atoms with Crippen LogP contribution in [0.25, 0.3) is 0 Å². The van der Waals surface area contributed by atoms with E-state index in [1.807, 2.05) is 0 Å². The Balaban J connectivity index is 0.00000131. The monoisotopic (exact) mass is 418 g/mol. The highest BCUT2D eigenvalue weighted by atomic mass is 35.5. The van der Waals surface area contributed by atoms with Crippen LogP contribution < -0.4 is 5.73 Å². The van der Waals surface area contributed by atoms with Crippen LogP contribution in [0.4, 0.5) is 0 Å². The summed E-state index contributed by atoms with van der Waals surface area (Å²) in [6, 6.07) is 1.21. The van der Waals surface area contributed by atoms with Gasteiger partial charge in [-0.3, -0.25) is 0 Å². The van der Waals surface area contributed by atoms with Gasteiger partial charge in [0.2, 0.25) is 0 Å². The summed E-state index contributed by atoms with van der Waals surface area (Å²) in [6.07, 6.45) is 12.9. The van der Waals surface area contributed by atoms with E-state index in [2.05, 4.69) is 39.8 Å². The van der Waals surface area contributed by atoms with E-state index in [4.69, 9.17) is 5.73 Å². The molecule has 0 aromatic heterocycles. The summed E-state index contributed by atoms with van der Waals surface area (Å²) in [6.45, 7) is 7.82. The molecule has 0 saturated heterocycles. The van der Waals surface area contributed by atoms with Crippen LogP contribution in [-0.4, -0.2) is 31.1 Å². The topological polar surface area (TPSA) is 29.3 Å². The van der Waals surface area contributed by atoms with E-state index in [0.717, 1.165) is 35.6 Å². The maximum atomic E-state index is 6.35. The molecule has 0 spiro atoms. The Hall–Kier alpha value is 0.500. The van der Waals surface area contributed by atoms with E-state index in [1.54, 1.807) is 0 Å². The summed E-state index contributed by atoms with van der Waals surface area (Å²) in [4.78, 5) is 2.48. The van der Waals surface area contributed by atoms with Gasteiger partial charge in [0.1, 0.15) is 0 Å². The largest absolute Gasteiger partial charge is 0.328 e. The van der Waals surface area contributed by atoms with Gasteiger partial charge >= 0.3 is 0 Å². The van der Waals surface area contributed by atoms with E-state index in [-0.39, 0.29) is 24.8 Å². The van der Waals surface area contributed by atoms with E-state index in [9.17, 15) is 0 Å². The van der Waals surface area contributed by atoms with Crippen molar-refractivity contribution in [1.29, 1.82) is 0 Å². The van der Waals surface area contributed by atoms with Crippen LogP contribution in [0.15, 0.2) is 0 Å². The maximum Gasteiger partial charge on any atom is 0.00944 e. The van der Waals surface area contributed by atoms with Gasteiger partial charge in [-0.25, -0.2) is 0 Å². The summed E-state index contributed by atoms with van der Waals surface area (Å²) in [5.74, 6) is 4.81. The van der Waals surface area contributed by atoms with Gasteiger partial charge in [0.05, 0.1) is 0 Å². The molecule has 27 heavy (non-hydrogen) atoms. The Morgan fingerprint density at radius 2 is 1.48 bits per heavy atom. The summed E-state index contributed by atoms with van der Waals surface area (Å²) in [7, 11) is 4.56. The molecule has 0 amide bonds. The third-order valence-corrected chi connectivity index (χ3v) is 10.2. The van der Waals surface area contributed by atoms with Crippen molar-refractivity contribution < 1.29 is 0 Å². The molecule has 0 heterocycles. The molecule has 2 nitrogen and oxygen atoms in total. The number of nitrogens with zero attached hydrogens (tertiary/aromatic N) is 1. The fraction of sp³-hybridized carbons (Fsp3) is 1.00. The van der Waals surface area contributed by atoms with Crippen LogP contribution >= 0.6 is 24.8 Å². The minimum absolute atomic E-state index is 0. The molecule has 0 unspecified atom stereocenters. The third-order valence-electron chi connectivity index (χ3n) is 10.2. The van der Waals surface area contributed by atoms with Crippen molar-refractivity contribution in [3.8, 4) is 0 Å². The zero-order valence-electron chi connectivity index (χ0n) is 18.2. The molecule has 4 rings (SSSR count). The minimum atomic E-state index is 0. The number of fused-ring (bicyclic) bond motifs is 5. The predicted molar refractivity (Wildman–Crippen MR) is 121 cm³/mol. The van der Waals surface area contributed by atoms with Crippen LogP contribution in [0.1, 0.15) is 78.6 Å². The molecule has 2 N–H and O–H groups in total. The Bertz CT molecular complexity index is 513. The van der Waals surface area contributed by atoms with Crippen molar-refractivity contribution in [2.75, 3.05) is 14.1 Å². The Labute approximate surface area is 180 Å². The smallest absolute Gasteiger partial charge is 0.00944 e. The van der Waals surface area contributed by atoms with Crippen molar-refractivity contribution in [2.45, 2.75) is 90.6 Å². The molecule has 0 radical (unpaired) electrons. The van der Waals surface area contributed by atoms with Gasteiger partial charge < -0.3 is 10.6 Å². The highest BCUT2D eigenvalue weighted by molar-refractivity contribution is 5.85. The van der Waals surface area contributed by atoms with Gasteiger partial charge in [-0.05, 0) is 119 Å². The average molecular weight is 420 g/mol. The fourth-order valence-corrected chi connectivity index (χ4v) is 8.48. The molecule has 4 saturated carbocycles. The molecule has 0 aliphatic heterocycles. The third kappa shape index (κ3) is 3.60. The standard InChI is InChI=1S/C23H42N2.2ClH/c1-15(25(4)5)19-8-9-20-18-7-6-16-14-17(24)10-12-22(16,2)21(18)11-13-23(19,20)3;;/h15-21H,6-14,24H2,1-5H3;2*1H/t15-,16-,17-,18-,19+,20-,21-,22-,23-;;/m0../s1. The van der Waals surface area contributed by atoms with E-state index in [0.29, 0.717) is 16.9 Å². The number of hydrogen-bond donors (Lipinski definition) is 1. The van der Waals surface area contributed by atoms with Crippen LogP contribution in [0.2, 0.25) is 0 Å². The maximum absolute atomic E-state index is 6.35. The van der Waals surface area contributed by atoms with E-state index in [1.165, 1.54) is 57.8 Å². The van der Waals surface area contributed by atoms with Crippen LogP contribution in [-0.2, 0) is 0 Å². The molecule has 160 valence electrons. The summed E-state index contributed by atoms with van der Waals surface area (Å²) in [5, 5.41) is 0. The molecular formula is C23H44Cl2N2. The quantitative estimate of drug-likeness (QED) is 0.616. The number of rotatable bonds is 2. The first-order valence-corrected chi connectivity index (χ1v) is 11.2. The van der Waals surface area contributed by atoms with Gasteiger partial charge in [-0.15, -0.1) is 24.8 Å². The predicted octanol–water partition coefficient (Wildman–Crippen LogP) is 5.77. The second-order valence-corrected chi connectivity index (χ2v) is 11.1. The van der Waals surface area contributed by atoms with Gasteiger partial charge in [0.15, 0.2) is 0 Å². The highest BCUT2D eigenvalue weighted by Crippen LogP contribution is 2.67. The SMILES string of the molecule is C[C@@H]([C@H]1CC[C@H]2[C@@H]3CC[C@H]4C[C@@H](N)CC[C@]4(C)[C@H]3CC[C@@]12C)N(C)C.Cl.Cl. The molecule has 0 bridgehead atoms. The van der Waals surface area contributed by atoms with Crippen LogP contribution in [0.5, 0.6) is 0 Å². The molecule has 4 heteroatoms. The summed E-state index contributed by atoms with van der Waals surface area (Å²) in [5.41, 5.74) is 7.55. The first-order valence-electron chi connectivity index (χ1n) is 11.2. The molecular weight excluding hydrogens is 375 g/mol. The fourth-order valence-electron chi connectivity index (χ4n) is 8.48. The van der Waals surface area contributed by atoms with E-state index < -0.39 is 0 Å². The zero-order chi connectivity index (χ0) is 18.0. The van der Waals surface area contributed by atoms with Gasteiger partial charge in [0, 0.05) is 12.1 Å². The lowest BCUT2D eigenvalue weighted by atomic mass is 9.44. The molecule has 0 aromatic carbocycles. The Morgan fingerprint density at radius 3 is 2.15 bits per heavy atom. The lowest BCUT2D eigenvalue weighted by Crippen LogP contribution is -2.55. The normalized spacial score (nSPS) is 49.9. The second-order valence-electron chi connectivity index (χ2n) is 11.1.